The summed E-state index contributed by atoms with van der Waals surface area (Å²) in [4.78, 5) is 0.350. The highest BCUT2D eigenvalue weighted by molar-refractivity contribution is 8.03. The fourth-order valence-corrected chi connectivity index (χ4v) is 3.71. The maximum Gasteiger partial charge on any atom is 0.357 e. The summed E-state index contributed by atoms with van der Waals surface area (Å²) in [5, 5.41) is 10.6. The van der Waals surface area contributed by atoms with Crippen LogP contribution < -0.4 is 4.18 Å². The Hall–Kier alpha value is -2.42. The zero-order valence-corrected chi connectivity index (χ0v) is 16.9. The van der Waals surface area contributed by atoms with Crippen molar-refractivity contribution in [1.82, 2.24) is 0 Å². The zero-order valence-electron chi connectivity index (χ0n) is 14.5. The van der Waals surface area contributed by atoms with Gasteiger partial charge in [0.1, 0.15) is 10.3 Å². The number of hydrogen-bond acceptors (Lipinski definition) is 6. The number of allylic oxidation sites excluding steroid dienone is 2. The molecule has 2 N–H and O–H groups in total. The lowest BCUT2D eigenvalue weighted by molar-refractivity contribution is 0.457. The van der Waals surface area contributed by atoms with E-state index < -0.39 is 21.5 Å². The van der Waals surface area contributed by atoms with Crippen molar-refractivity contribution in [2.75, 3.05) is 0 Å². The van der Waals surface area contributed by atoms with Gasteiger partial charge < -0.3 is 4.18 Å². The number of nitrogens with zero attached hydrogens (tertiary/aromatic N) is 1. The van der Waals surface area contributed by atoms with Gasteiger partial charge >= 0.3 is 11.4 Å². The van der Waals surface area contributed by atoms with Gasteiger partial charge in [-0.05, 0) is 48.0 Å². The van der Waals surface area contributed by atoms with Gasteiger partial charge in [-0.15, -0.1) is 0 Å². The number of aryl methyl sites for hydroxylation is 1. The molecular weight excluding hydrogens is 422 g/mol. The first-order chi connectivity index (χ1) is 13.2. The maximum atomic E-state index is 11.5. The summed E-state index contributed by atoms with van der Waals surface area (Å²) in [7, 11) is -4.36. The molecule has 0 aliphatic carbocycles. The van der Waals surface area contributed by atoms with Gasteiger partial charge in [0.25, 0.3) is 10.1 Å². The highest BCUT2D eigenvalue weighted by Crippen LogP contribution is 2.28. The van der Waals surface area contributed by atoms with E-state index >= 15 is 0 Å². The summed E-state index contributed by atoms with van der Waals surface area (Å²) in [5.74, 6) is 0.111. The second kappa shape index (κ2) is 9.68. The fraction of sp³-hybridized carbons (Fsp3) is 0.0556. The summed E-state index contributed by atoms with van der Waals surface area (Å²) in [6, 6.07) is 9.38. The van der Waals surface area contributed by atoms with Gasteiger partial charge in [-0.1, -0.05) is 42.5 Å². The lowest BCUT2D eigenvalue weighted by atomic mass is 10.1. The molecule has 0 aliphatic heterocycles. The van der Waals surface area contributed by atoms with Gasteiger partial charge in [-0.2, -0.15) is 17.9 Å². The predicted molar refractivity (Wildman–Crippen MR) is 108 cm³/mol. The van der Waals surface area contributed by atoms with Crippen LogP contribution in [-0.4, -0.2) is 21.7 Å². The Morgan fingerprint density at radius 3 is 2.39 bits per heavy atom. The Balaban J connectivity index is 2.30. The summed E-state index contributed by atoms with van der Waals surface area (Å²) in [5.41, 5.74) is 1.48. The third-order valence-electron chi connectivity index (χ3n) is 3.42. The van der Waals surface area contributed by atoms with Gasteiger partial charge in [0, 0.05) is 10.5 Å². The van der Waals surface area contributed by atoms with Gasteiger partial charge in [0.15, 0.2) is 5.75 Å². The van der Waals surface area contributed by atoms with Crippen molar-refractivity contribution < 1.29 is 25.9 Å². The molecule has 0 bridgehead atoms. The van der Waals surface area contributed by atoms with Crippen LogP contribution in [0.15, 0.2) is 58.3 Å². The number of nitriles is 1. The molecular formula is C18H15NO6S3. The van der Waals surface area contributed by atoms with Crippen LogP contribution in [0.1, 0.15) is 16.7 Å². The van der Waals surface area contributed by atoms with Crippen molar-refractivity contribution in [2.24, 2.45) is 0 Å². The van der Waals surface area contributed by atoms with Gasteiger partial charge in [0.2, 0.25) is 0 Å². The second-order valence-corrected chi connectivity index (χ2v) is 8.28. The number of benzene rings is 2. The van der Waals surface area contributed by atoms with Crippen LogP contribution in [0.25, 0.3) is 12.2 Å². The Labute approximate surface area is 169 Å². The van der Waals surface area contributed by atoms with E-state index in [2.05, 4.69) is 0 Å². The predicted octanol–water partition coefficient (Wildman–Crippen LogP) is 4.06. The van der Waals surface area contributed by atoms with Gasteiger partial charge in [-0.3, -0.25) is 9.11 Å². The molecule has 2 aromatic rings. The van der Waals surface area contributed by atoms with E-state index in [4.69, 9.17) is 14.0 Å². The zero-order chi connectivity index (χ0) is 20.7. The van der Waals surface area contributed by atoms with Crippen molar-refractivity contribution in [3.63, 3.8) is 0 Å². The van der Waals surface area contributed by atoms with E-state index in [1.165, 1.54) is 18.2 Å². The monoisotopic (exact) mass is 437 g/mol. The second-order valence-electron chi connectivity index (χ2n) is 5.43. The van der Waals surface area contributed by atoms with Crippen molar-refractivity contribution in [3.05, 3.63) is 65.2 Å². The van der Waals surface area contributed by atoms with Crippen molar-refractivity contribution in [1.29, 1.82) is 5.26 Å². The summed E-state index contributed by atoms with van der Waals surface area (Å²) < 4.78 is 57.1. The third kappa shape index (κ3) is 6.33. The van der Waals surface area contributed by atoms with E-state index in [0.717, 1.165) is 11.8 Å². The number of rotatable bonds is 7. The molecule has 146 valence electrons. The molecule has 0 spiro atoms. The van der Waals surface area contributed by atoms with Crippen molar-refractivity contribution >= 4 is 45.4 Å². The summed E-state index contributed by atoms with van der Waals surface area (Å²) >= 11 is -1.65. The molecule has 1 atom stereocenters. The molecule has 0 saturated carbocycles. The van der Waals surface area contributed by atoms with E-state index in [-0.39, 0.29) is 10.6 Å². The SMILES string of the molecule is Cc1ccc(/C=C/C=C/c2ccc(SC#N)cc2OS(=O)O)c(S(=O)(=O)O)c1. The molecule has 2 rings (SSSR count). The molecule has 1 unspecified atom stereocenters. The Kier molecular flexibility index (Phi) is 7.56. The van der Waals surface area contributed by atoms with Crippen LogP contribution in [0.5, 0.6) is 5.75 Å². The quantitative estimate of drug-likeness (QED) is 0.218. The number of thiocyanates is 1. The molecule has 0 fully saturated rings. The first kappa shape index (κ1) is 21.9. The smallest absolute Gasteiger partial charge is 0.357 e. The highest BCUT2D eigenvalue weighted by Gasteiger charge is 2.13. The molecule has 0 radical (unpaired) electrons. The minimum absolute atomic E-state index is 0.111. The maximum absolute atomic E-state index is 11.5. The third-order valence-corrected chi connectivity index (χ3v) is 5.23. The molecule has 0 aliphatic rings. The van der Waals surface area contributed by atoms with Crippen LogP contribution >= 0.6 is 11.8 Å². The average molecular weight is 438 g/mol. The molecule has 0 heterocycles. The van der Waals surface area contributed by atoms with Crippen molar-refractivity contribution in [2.45, 2.75) is 16.7 Å². The Morgan fingerprint density at radius 2 is 1.79 bits per heavy atom. The lowest BCUT2D eigenvalue weighted by Crippen LogP contribution is -2.01. The van der Waals surface area contributed by atoms with E-state index in [1.807, 2.05) is 5.40 Å². The van der Waals surface area contributed by atoms with Crippen LogP contribution in [0.3, 0.4) is 0 Å². The first-order valence-electron chi connectivity index (χ1n) is 7.63. The van der Waals surface area contributed by atoms with Gasteiger partial charge in [-0.25, -0.2) is 0 Å². The minimum Gasteiger partial charge on any atom is -0.379 e. The molecule has 10 heteroatoms. The molecule has 0 aromatic heterocycles. The highest BCUT2D eigenvalue weighted by atomic mass is 32.2. The van der Waals surface area contributed by atoms with Crippen LogP contribution in [0.2, 0.25) is 0 Å². The topological polar surface area (TPSA) is 125 Å². The largest absolute Gasteiger partial charge is 0.379 e. The molecule has 7 nitrogen and oxygen atoms in total. The number of thioether (sulfide) groups is 1. The molecule has 2 aromatic carbocycles. The van der Waals surface area contributed by atoms with Crippen molar-refractivity contribution in [3.8, 4) is 11.2 Å². The molecule has 28 heavy (non-hydrogen) atoms. The summed E-state index contributed by atoms with van der Waals surface area (Å²) in [6.45, 7) is 1.71. The first-order valence-corrected chi connectivity index (χ1v) is 10.9. The normalized spacial score (nSPS) is 12.9. The lowest BCUT2D eigenvalue weighted by Gasteiger charge is -2.06. The average Bonchev–Trinajstić information content (AvgIpc) is 2.60. The molecule has 0 saturated heterocycles. The number of hydrogen-bond donors (Lipinski definition) is 2. The fourth-order valence-electron chi connectivity index (χ4n) is 2.24. The van der Waals surface area contributed by atoms with Crippen LogP contribution in [-0.2, 0) is 21.5 Å². The minimum atomic E-state index is -4.36. The van der Waals surface area contributed by atoms with E-state index in [1.54, 1.807) is 49.4 Å². The Bertz CT molecular complexity index is 1100. The standard InChI is InChI=1S/C18H15NO6S3/c1-13-6-7-15(18(10-13)28(22,23)24)5-3-2-4-14-8-9-16(26-12-19)11-17(14)25-27(20)21/h2-11H,1H3,(H,20,21)(H,22,23,24)/b4-2+,5-3+. The molecule has 0 amide bonds. The van der Waals surface area contributed by atoms with Gasteiger partial charge in [0.05, 0.1) is 0 Å². The Morgan fingerprint density at radius 1 is 1.14 bits per heavy atom. The van der Waals surface area contributed by atoms with E-state index in [0.29, 0.717) is 21.6 Å². The van der Waals surface area contributed by atoms with Crippen LogP contribution in [0, 0.1) is 17.6 Å². The van der Waals surface area contributed by atoms with Crippen LogP contribution in [0.4, 0.5) is 0 Å². The van der Waals surface area contributed by atoms with E-state index in [9.17, 15) is 17.2 Å². The summed E-state index contributed by atoms with van der Waals surface area (Å²) in [6.07, 6.45) is 6.22.